The standard InChI is InChI=1S/C16H12ClNO3S/c1-21-10-4-7-12-13(8-10)18-16(20)15(14(12)19)22-11-5-2-9(17)3-6-11/h2-8H,1H3,(H2,18,19,20). The van der Waals surface area contributed by atoms with Gasteiger partial charge >= 0.3 is 0 Å². The monoisotopic (exact) mass is 333 g/mol. The summed E-state index contributed by atoms with van der Waals surface area (Å²) in [5, 5.41) is 11.6. The fourth-order valence-electron chi connectivity index (χ4n) is 2.08. The molecule has 0 aliphatic carbocycles. The third-order valence-electron chi connectivity index (χ3n) is 3.18. The number of nitrogens with one attached hydrogen (secondary N) is 1. The molecule has 0 aliphatic heterocycles. The van der Waals surface area contributed by atoms with Crippen molar-refractivity contribution in [3.05, 3.63) is 57.8 Å². The first-order valence-corrected chi connectivity index (χ1v) is 7.64. The molecule has 112 valence electrons. The molecule has 3 aromatic rings. The Kier molecular flexibility index (Phi) is 4.00. The summed E-state index contributed by atoms with van der Waals surface area (Å²) >= 11 is 7.04. The highest BCUT2D eigenvalue weighted by molar-refractivity contribution is 7.99. The van der Waals surface area contributed by atoms with Crippen molar-refractivity contribution in [3.63, 3.8) is 0 Å². The molecular formula is C16H12ClNO3S. The predicted molar refractivity (Wildman–Crippen MR) is 88.4 cm³/mol. The number of aromatic hydroxyl groups is 1. The van der Waals surface area contributed by atoms with E-state index in [2.05, 4.69) is 4.98 Å². The number of methoxy groups -OCH3 is 1. The van der Waals surface area contributed by atoms with E-state index in [0.29, 0.717) is 21.7 Å². The minimum absolute atomic E-state index is 0.0404. The number of aromatic nitrogens is 1. The molecule has 0 spiro atoms. The number of halogens is 1. The number of H-pyrrole nitrogens is 1. The first kappa shape index (κ1) is 14.8. The molecule has 0 radical (unpaired) electrons. The lowest BCUT2D eigenvalue weighted by atomic mass is 10.2. The average molecular weight is 334 g/mol. The van der Waals surface area contributed by atoms with Crippen molar-refractivity contribution >= 4 is 34.3 Å². The van der Waals surface area contributed by atoms with Crippen LogP contribution in [-0.2, 0) is 0 Å². The van der Waals surface area contributed by atoms with Gasteiger partial charge in [-0.25, -0.2) is 0 Å². The topological polar surface area (TPSA) is 62.3 Å². The molecule has 0 atom stereocenters. The maximum atomic E-state index is 12.2. The SMILES string of the molecule is COc1ccc2c(O)c(Sc3ccc(Cl)cc3)c(=O)[nH]c2c1. The smallest absolute Gasteiger partial charge is 0.266 e. The molecule has 0 fully saturated rings. The van der Waals surface area contributed by atoms with Crippen LogP contribution in [-0.4, -0.2) is 17.2 Å². The molecule has 0 bridgehead atoms. The zero-order valence-corrected chi connectivity index (χ0v) is 13.2. The van der Waals surface area contributed by atoms with E-state index in [-0.39, 0.29) is 16.2 Å². The summed E-state index contributed by atoms with van der Waals surface area (Å²) in [7, 11) is 1.55. The van der Waals surface area contributed by atoms with Crippen molar-refractivity contribution in [3.8, 4) is 11.5 Å². The second-order valence-electron chi connectivity index (χ2n) is 4.60. The highest BCUT2D eigenvalue weighted by Crippen LogP contribution is 2.36. The average Bonchev–Trinajstić information content (AvgIpc) is 2.52. The van der Waals surface area contributed by atoms with E-state index in [1.54, 1.807) is 49.6 Å². The van der Waals surface area contributed by atoms with E-state index in [9.17, 15) is 9.90 Å². The molecule has 1 heterocycles. The van der Waals surface area contributed by atoms with Crippen molar-refractivity contribution in [1.29, 1.82) is 0 Å². The summed E-state index contributed by atoms with van der Waals surface area (Å²) in [6.07, 6.45) is 0. The largest absolute Gasteiger partial charge is 0.506 e. The van der Waals surface area contributed by atoms with Gasteiger partial charge in [-0.3, -0.25) is 4.79 Å². The van der Waals surface area contributed by atoms with Gasteiger partial charge in [0, 0.05) is 21.4 Å². The number of benzene rings is 2. The Morgan fingerprint density at radius 1 is 1.18 bits per heavy atom. The third-order valence-corrected chi connectivity index (χ3v) is 4.53. The number of hydrogen-bond acceptors (Lipinski definition) is 4. The van der Waals surface area contributed by atoms with Crippen molar-refractivity contribution < 1.29 is 9.84 Å². The van der Waals surface area contributed by atoms with Crippen LogP contribution in [0.5, 0.6) is 11.5 Å². The van der Waals surface area contributed by atoms with Crippen molar-refractivity contribution in [2.45, 2.75) is 9.79 Å². The van der Waals surface area contributed by atoms with Crippen LogP contribution in [0.3, 0.4) is 0 Å². The Bertz CT molecular complexity index is 890. The molecule has 0 saturated carbocycles. The summed E-state index contributed by atoms with van der Waals surface area (Å²) in [4.78, 5) is 16.1. The van der Waals surface area contributed by atoms with E-state index >= 15 is 0 Å². The molecule has 0 unspecified atom stereocenters. The van der Waals surface area contributed by atoms with E-state index in [0.717, 1.165) is 4.90 Å². The molecule has 0 amide bonds. The zero-order chi connectivity index (χ0) is 15.7. The summed E-state index contributed by atoms with van der Waals surface area (Å²) in [5.41, 5.74) is 0.181. The number of pyridine rings is 1. The molecular weight excluding hydrogens is 322 g/mol. The second-order valence-corrected chi connectivity index (χ2v) is 6.12. The summed E-state index contributed by atoms with van der Waals surface area (Å²) in [6.45, 7) is 0. The molecule has 0 saturated heterocycles. The van der Waals surface area contributed by atoms with Gasteiger partial charge in [0.1, 0.15) is 16.4 Å². The Labute approximate surface area is 135 Å². The Hall–Kier alpha value is -2.11. The maximum absolute atomic E-state index is 12.2. The van der Waals surface area contributed by atoms with Crippen LogP contribution in [0.2, 0.25) is 5.02 Å². The maximum Gasteiger partial charge on any atom is 0.266 e. The number of hydrogen-bond donors (Lipinski definition) is 2. The van der Waals surface area contributed by atoms with Crippen LogP contribution in [0.25, 0.3) is 10.9 Å². The fourth-order valence-corrected chi connectivity index (χ4v) is 3.07. The molecule has 6 heteroatoms. The van der Waals surface area contributed by atoms with E-state index < -0.39 is 0 Å². The number of ether oxygens (including phenoxy) is 1. The highest BCUT2D eigenvalue weighted by Gasteiger charge is 2.13. The Balaban J connectivity index is 2.10. The Morgan fingerprint density at radius 3 is 2.59 bits per heavy atom. The molecule has 1 aromatic heterocycles. The van der Waals surface area contributed by atoms with Crippen LogP contribution >= 0.6 is 23.4 Å². The van der Waals surface area contributed by atoms with E-state index in [1.807, 2.05) is 0 Å². The molecule has 2 aromatic carbocycles. The van der Waals surface area contributed by atoms with Crippen LogP contribution < -0.4 is 10.3 Å². The molecule has 4 nitrogen and oxygen atoms in total. The zero-order valence-electron chi connectivity index (χ0n) is 11.6. The van der Waals surface area contributed by atoms with Gasteiger partial charge in [0.15, 0.2) is 0 Å². The van der Waals surface area contributed by atoms with Crippen LogP contribution in [0.1, 0.15) is 0 Å². The quantitative estimate of drug-likeness (QED) is 0.759. The van der Waals surface area contributed by atoms with Gasteiger partial charge in [-0.05, 0) is 36.4 Å². The van der Waals surface area contributed by atoms with Crippen molar-refractivity contribution in [1.82, 2.24) is 4.98 Å². The van der Waals surface area contributed by atoms with Crippen molar-refractivity contribution in [2.24, 2.45) is 0 Å². The van der Waals surface area contributed by atoms with Gasteiger partial charge in [-0.15, -0.1) is 0 Å². The third kappa shape index (κ3) is 2.77. The molecule has 22 heavy (non-hydrogen) atoms. The Morgan fingerprint density at radius 2 is 1.91 bits per heavy atom. The summed E-state index contributed by atoms with van der Waals surface area (Å²) in [5.74, 6) is 0.571. The minimum atomic E-state index is -0.349. The molecule has 0 aliphatic rings. The van der Waals surface area contributed by atoms with Gasteiger partial charge in [0.2, 0.25) is 0 Å². The van der Waals surface area contributed by atoms with Gasteiger partial charge in [-0.2, -0.15) is 0 Å². The first-order chi connectivity index (χ1) is 10.6. The summed E-state index contributed by atoms with van der Waals surface area (Å²) < 4.78 is 5.12. The van der Waals surface area contributed by atoms with Crippen LogP contribution in [0, 0.1) is 0 Å². The number of fused-ring (bicyclic) bond motifs is 1. The molecule has 3 rings (SSSR count). The van der Waals surface area contributed by atoms with E-state index in [1.165, 1.54) is 11.8 Å². The second kappa shape index (κ2) is 5.94. The number of rotatable bonds is 3. The van der Waals surface area contributed by atoms with Gasteiger partial charge < -0.3 is 14.8 Å². The van der Waals surface area contributed by atoms with Crippen molar-refractivity contribution in [2.75, 3.05) is 7.11 Å². The molecule has 2 N–H and O–H groups in total. The van der Waals surface area contributed by atoms with Crippen LogP contribution in [0.15, 0.2) is 57.1 Å². The predicted octanol–water partition coefficient (Wildman–Crippen LogP) is 4.05. The van der Waals surface area contributed by atoms with Gasteiger partial charge in [0.25, 0.3) is 5.56 Å². The van der Waals surface area contributed by atoms with Gasteiger partial charge in [0.05, 0.1) is 12.6 Å². The first-order valence-electron chi connectivity index (χ1n) is 6.45. The normalized spacial score (nSPS) is 10.8. The minimum Gasteiger partial charge on any atom is -0.506 e. The lowest BCUT2D eigenvalue weighted by Gasteiger charge is -2.08. The van der Waals surface area contributed by atoms with Crippen LogP contribution in [0.4, 0.5) is 0 Å². The van der Waals surface area contributed by atoms with E-state index in [4.69, 9.17) is 16.3 Å². The highest BCUT2D eigenvalue weighted by atomic mass is 35.5. The lowest BCUT2D eigenvalue weighted by Crippen LogP contribution is -2.08. The fraction of sp³-hybridized carbons (Fsp3) is 0.0625. The number of aromatic amines is 1. The lowest BCUT2D eigenvalue weighted by molar-refractivity contribution is 0.415. The van der Waals surface area contributed by atoms with Gasteiger partial charge in [-0.1, -0.05) is 23.4 Å². The summed E-state index contributed by atoms with van der Waals surface area (Å²) in [6, 6.07) is 12.2.